The molecule has 2 atom stereocenters. The van der Waals surface area contributed by atoms with E-state index < -0.39 is 0 Å². The Balaban J connectivity index is 2.09. The monoisotopic (exact) mass is 294 g/mol. The van der Waals surface area contributed by atoms with Crippen LogP contribution >= 0.6 is 0 Å². The third-order valence-corrected chi connectivity index (χ3v) is 4.15. The molecule has 0 bridgehead atoms. The molecule has 1 saturated heterocycles. The lowest BCUT2D eigenvalue weighted by atomic mass is 9.96. The van der Waals surface area contributed by atoms with Gasteiger partial charge in [0.1, 0.15) is 5.82 Å². The average Bonchev–Trinajstić information content (AvgIpc) is 2.47. The topological polar surface area (TPSA) is 24.5 Å². The summed E-state index contributed by atoms with van der Waals surface area (Å²) in [5, 5.41) is 3.58. The second-order valence-electron chi connectivity index (χ2n) is 6.01. The molecular weight excluding hydrogens is 267 g/mol. The fourth-order valence-corrected chi connectivity index (χ4v) is 2.82. The predicted molar refractivity (Wildman–Crippen MR) is 84.2 cm³/mol. The van der Waals surface area contributed by atoms with Crippen molar-refractivity contribution < 1.29 is 9.13 Å². The highest BCUT2D eigenvalue weighted by Crippen LogP contribution is 2.17. The molecule has 1 fully saturated rings. The largest absolute Gasteiger partial charge is 0.374 e. The Bertz CT molecular complexity index is 452. The number of morpholine rings is 1. The predicted octanol–water partition coefficient (Wildman–Crippen LogP) is 2.38. The first-order valence-corrected chi connectivity index (χ1v) is 7.88. The van der Waals surface area contributed by atoms with Gasteiger partial charge in [0.05, 0.1) is 12.7 Å². The first kappa shape index (κ1) is 16.4. The third-order valence-electron chi connectivity index (χ3n) is 4.15. The quantitative estimate of drug-likeness (QED) is 0.872. The van der Waals surface area contributed by atoms with E-state index in [0.29, 0.717) is 0 Å². The normalized spacial score (nSPS) is 21.4. The molecule has 0 amide bonds. The zero-order valence-electron chi connectivity index (χ0n) is 13.4. The van der Waals surface area contributed by atoms with Crippen LogP contribution in [0.5, 0.6) is 0 Å². The van der Waals surface area contributed by atoms with E-state index in [-0.39, 0.29) is 18.0 Å². The van der Waals surface area contributed by atoms with Crippen molar-refractivity contribution in [1.29, 1.82) is 0 Å². The number of hydrogen-bond donors (Lipinski definition) is 1. The molecule has 1 heterocycles. The first-order valence-electron chi connectivity index (χ1n) is 7.88. The van der Waals surface area contributed by atoms with Gasteiger partial charge in [-0.05, 0) is 56.6 Å². The van der Waals surface area contributed by atoms with Crippen molar-refractivity contribution in [3.63, 3.8) is 0 Å². The minimum Gasteiger partial charge on any atom is -0.374 e. The number of likely N-dealkylation sites (N-methyl/N-ethyl adjacent to an activating group) is 1. The molecule has 21 heavy (non-hydrogen) atoms. The highest BCUT2D eigenvalue weighted by Gasteiger charge is 2.27. The van der Waals surface area contributed by atoms with E-state index in [4.69, 9.17) is 4.74 Å². The van der Waals surface area contributed by atoms with Gasteiger partial charge in [0.15, 0.2) is 0 Å². The SMILES string of the molecule is CCCNC(Cc1cc(F)ccc1C)C1CN(C)CCO1. The molecule has 0 aromatic heterocycles. The summed E-state index contributed by atoms with van der Waals surface area (Å²) >= 11 is 0. The summed E-state index contributed by atoms with van der Waals surface area (Å²) in [4.78, 5) is 2.30. The number of benzene rings is 1. The molecule has 0 spiro atoms. The van der Waals surface area contributed by atoms with Gasteiger partial charge < -0.3 is 15.0 Å². The summed E-state index contributed by atoms with van der Waals surface area (Å²) in [6.45, 7) is 7.84. The Morgan fingerprint density at radius 3 is 3.00 bits per heavy atom. The lowest BCUT2D eigenvalue weighted by Crippen LogP contribution is -2.52. The van der Waals surface area contributed by atoms with Crippen LogP contribution in [0.2, 0.25) is 0 Å². The molecular formula is C17H27FN2O. The Morgan fingerprint density at radius 2 is 2.29 bits per heavy atom. The zero-order valence-corrected chi connectivity index (χ0v) is 13.4. The van der Waals surface area contributed by atoms with E-state index in [0.717, 1.165) is 50.2 Å². The molecule has 1 aromatic carbocycles. The molecule has 4 heteroatoms. The highest BCUT2D eigenvalue weighted by atomic mass is 19.1. The van der Waals surface area contributed by atoms with Gasteiger partial charge in [0, 0.05) is 19.1 Å². The van der Waals surface area contributed by atoms with E-state index >= 15 is 0 Å². The number of ether oxygens (including phenoxy) is 1. The van der Waals surface area contributed by atoms with E-state index in [1.807, 2.05) is 13.0 Å². The Labute approximate surface area is 127 Å². The van der Waals surface area contributed by atoms with Crippen LogP contribution in [0.3, 0.4) is 0 Å². The summed E-state index contributed by atoms with van der Waals surface area (Å²) in [5.74, 6) is -0.161. The van der Waals surface area contributed by atoms with E-state index in [2.05, 4.69) is 24.2 Å². The second kappa shape index (κ2) is 7.87. The van der Waals surface area contributed by atoms with Crippen LogP contribution in [0.4, 0.5) is 4.39 Å². The van der Waals surface area contributed by atoms with Crippen molar-refractivity contribution in [1.82, 2.24) is 10.2 Å². The summed E-state index contributed by atoms with van der Waals surface area (Å²) in [6, 6.07) is 5.27. The van der Waals surface area contributed by atoms with Gasteiger partial charge in [-0.2, -0.15) is 0 Å². The van der Waals surface area contributed by atoms with Crippen LogP contribution in [0, 0.1) is 12.7 Å². The molecule has 0 radical (unpaired) electrons. The molecule has 1 aliphatic heterocycles. The lowest BCUT2D eigenvalue weighted by Gasteiger charge is -2.36. The molecule has 1 aromatic rings. The van der Waals surface area contributed by atoms with Crippen molar-refractivity contribution in [2.24, 2.45) is 0 Å². The third kappa shape index (κ3) is 4.77. The van der Waals surface area contributed by atoms with Crippen molar-refractivity contribution in [2.75, 3.05) is 33.3 Å². The maximum absolute atomic E-state index is 13.5. The van der Waals surface area contributed by atoms with Crippen molar-refractivity contribution in [3.8, 4) is 0 Å². The zero-order chi connectivity index (χ0) is 15.2. The summed E-state index contributed by atoms with van der Waals surface area (Å²) < 4.78 is 19.4. The molecule has 0 saturated carbocycles. The molecule has 2 rings (SSSR count). The first-order chi connectivity index (χ1) is 10.1. The van der Waals surface area contributed by atoms with Crippen LogP contribution in [0.1, 0.15) is 24.5 Å². The molecule has 1 N–H and O–H groups in total. The van der Waals surface area contributed by atoms with Gasteiger partial charge in [-0.25, -0.2) is 4.39 Å². The number of hydrogen-bond acceptors (Lipinski definition) is 3. The molecule has 2 unspecified atom stereocenters. The van der Waals surface area contributed by atoms with Gasteiger partial charge in [-0.1, -0.05) is 13.0 Å². The van der Waals surface area contributed by atoms with Crippen LogP contribution < -0.4 is 5.32 Å². The van der Waals surface area contributed by atoms with Crippen molar-refractivity contribution >= 4 is 0 Å². The van der Waals surface area contributed by atoms with E-state index in [1.165, 1.54) is 6.07 Å². The fraction of sp³-hybridized carbons (Fsp3) is 0.647. The van der Waals surface area contributed by atoms with Crippen LogP contribution in [-0.2, 0) is 11.2 Å². The minimum atomic E-state index is -0.161. The number of nitrogens with one attached hydrogen (secondary N) is 1. The van der Waals surface area contributed by atoms with Crippen molar-refractivity contribution in [3.05, 3.63) is 35.1 Å². The fourth-order valence-electron chi connectivity index (χ4n) is 2.82. The Morgan fingerprint density at radius 1 is 1.48 bits per heavy atom. The van der Waals surface area contributed by atoms with Crippen molar-refractivity contribution in [2.45, 2.75) is 38.8 Å². The minimum absolute atomic E-state index is 0.161. The van der Waals surface area contributed by atoms with Crippen LogP contribution in [0.25, 0.3) is 0 Å². The van der Waals surface area contributed by atoms with Gasteiger partial charge in [-0.15, -0.1) is 0 Å². The Kier molecular flexibility index (Phi) is 6.15. The summed E-state index contributed by atoms with van der Waals surface area (Å²) in [6.07, 6.45) is 2.06. The number of nitrogens with zero attached hydrogens (tertiary/aromatic N) is 1. The lowest BCUT2D eigenvalue weighted by molar-refractivity contribution is -0.0384. The van der Waals surface area contributed by atoms with E-state index in [1.54, 1.807) is 6.07 Å². The number of rotatable bonds is 6. The number of halogens is 1. The standard InChI is InChI=1S/C17H27FN2O/c1-4-7-19-16(17-12-20(3)8-9-21-17)11-14-10-15(18)6-5-13(14)2/h5-6,10,16-17,19H,4,7-9,11-12H2,1-3H3. The number of aryl methyl sites for hydroxylation is 1. The van der Waals surface area contributed by atoms with Gasteiger partial charge in [-0.3, -0.25) is 0 Å². The molecule has 0 aliphatic carbocycles. The van der Waals surface area contributed by atoms with Crippen LogP contribution in [0.15, 0.2) is 18.2 Å². The van der Waals surface area contributed by atoms with Gasteiger partial charge >= 0.3 is 0 Å². The highest BCUT2D eigenvalue weighted by molar-refractivity contribution is 5.27. The molecule has 1 aliphatic rings. The van der Waals surface area contributed by atoms with E-state index in [9.17, 15) is 4.39 Å². The van der Waals surface area contributed by atoms with Gasteiger partial charge in [0.25, 0.3) is 0 Å². The maximum atomic E-state index is 13.5. The Hall–Kier alpha value is -0.970. The molecule has 118 valence electrons. The smallest absolute Gasteiger partial charge is 0.123 e. The second-order valence-corrected chi connectivity index (χ2v) is 6.01. The summed E-state index contributed by atoms with van der Waals surface area (Å²) in [7, 11) is 2.12. The van der Waals surface area contributed by atoms with Crippen LogP contribution in [-0.4, -0.2) is 50.3 Å². The van der Waals surface area contributed by atoms with Gasteiger partial charge in [0.2, 0.25) is 0 Å². The maximum Gasteiger partial charge on any atom is 0.123 e. The summed E-state index contributed by atoms with van der Waals surface area (Å²) in [5.41, 5.74) is 2.21. The average molecular weight is 294 g/mol. The molecule has 3 nitrogen and oxygen atoms in total.